The van der Waals surface area contributed by atoms with E-state index in [1.54, 1.807) is 0 Å². The first kappa shape index (κ1) is 20.9. The number of amides is 1. The minimum atomic E-state index is -0.0473. The van der Waals surface area contributed by atoms with Gasteiger partial charge in [0, 0.05) is 17.3 Å². The highest BCUT2D eigenvalue weighted by atomic mass is 35.5. The number of benzene rings is 2. The summed E-state index contributed by atoms with van der Waals surface area (Å²) in [5.74, 6) is 1.01. The number of carbonyl (C=O) groups excluding carboxylic acids is 1. The summed E-state index contributed by atoms with van der Waals surface area (Å²) in [5.41, 5.74) is 3.91. The van der Waals surface area contributed by atoms with Crippen molar-refractivity contribution < 1.29 is 4.79 Å². The number of hydrogen-bond acceptors (Lipinski definition) is 4. The Morgan fingerprint density at radius 2 is 1.93 bits per heavy atom. The highest BCUT2D eigenvalue weighted by molar-refractivity contribution is 7.99. The molecule has 3 aromatic rings. The SMILES string of the molecule is Cc1ccc(C)c(NC(=O)CSc2nnc(-c3ccccc3Cl)n2C2CCCC2)c1. The number of anilines is 1. The molecule has 1 aliphatic carbocycles. The van der Waals surface area contributed by atoms with E-state index >= 15 is 0 Å². The molecular formula is C23H25ClN4OS. The highest BCUT2D eigenvalue weighted by Crippen LogP contribution is 2.38. The first-order chi connectivity index (χ1) is 14.5. The fourth-order valence-corrected chi connectivity index (χ4v) is 4.91. The van der Waals surface area contributed by atoms with Crippen LogP contribution in [0.15, 0.2) is 47.6 Å². The molecule has 0 bridgehead atoms. The van der Waals surface area contributed by atoms with Gasteiger partial charge in [-0.15, -0.1) is 10.2 Å². The Labute approximate surface area is 186 Å². The van der Waals surface area contributed by atoms with Gasteiger partial charge in [0.15, 0.2) is 11.0 Å². The summed E-state index contributed by atoms with van der Waals surface area (Å²) in [4.78, 5) is 12.6. The molecule has 1 fully saturated rings. The van der Waals surface area contributed by atoms with Gasteiger partial charge >= 0.3 is 0 Å². The lowest BCUT2D eigenvalue weighted by Gasteiger charge is -2.17. The van der Waals surface area contributed by atoms with E-state index in [1.165, 1.54) is 24.6 Å². The average molecular weight is 441 g/mol. The van der Waals surface area contributed by atoms with E-state index in [9.17, 15) is 4.79 Å². The molecule has 1 aromatic heterocycles. The topological polar surface area (TPSA) is 59.8 Å². The maximum absolute atomic E-state index is 12.6. The molecule has 0 spiro atoms. The molecule has 0 atom stereocenters. The van der Waals surface area contributed by atoms with Crippen molar-refractivity contribution in [1.82, 2.24) is 14.8 Å². The Bertz CT molecular complexity index is 1060. The molecule has 2 aromatic carbocycles. The third-order valence-corrected chi connectivity index (χ3v) is 6.74. The summed E-state index contributed by atoms with van der Waals surface area (Å²) in [7, 11) is 0. The summed E-state index contributed by atoms with van der Waals surface area (Å²) >= 11 is 7.87. The molecule has 1 N–H and O–H groups in total. The normalized spacial score (nSPS) is 14.2. The van der Waals surface area contributed by atoms with Crippen LogP contribution in [0.2, 0.25) is 5.02 Å². The summed E-state index contributed by atoms with van der Waals surface area (Å²) < 4.78 is 2.18. The van der Waals surface area contributed by atoms with Gasteiger partial charge in [0.1, 0.15) is 0 Å². The Morgan fingerprint density at radius 3 is 2.70 bits per heavy atom. The van der Waals surface area contributed by atoms with Gasteiger partial charge in [-0.25, -0.2) is 0 Å². The van der Waals surface area contributed by atoms with E-state index in [0.29, 0.717) is 11.1 Å². The van der Waals surface area contributed by atoms with Crippen molar-refractivity contribution in [3.63, 3.8) is 0 Å². The van der Waals surface area contributed by atoms with Gasteiger partial charge in [-0.3, -0.25) is 9.36 Å². The fourth-order valence-electron chi connectivity index (χ4n) is 3.88. The van der Waals surface area contributed by atoms with Crippen molar-refractivity contribution >= 4 is 35.0 Å². The Kier molecular flexibility index (Phi) is 6.44. The maximum atomic E-state index is 12.6. The molecule has 1 heterocycles. The van der Waals surface area contributed by atoms with E-state index in [1.807, 2.05) is 56.3 Å². The third kappa shape index (κ3) is 4.55. The number of aromatic nitrogens is 3. The molecule has 0 aliphatic heterocycles. The number of carbonyl (C=O) groups is 1. The number of rotatable bonds is 6. The fraction of sp³-hybridized carbons (Fsp3) is 0.348. The van der Waals surface area contributed by atoms with E-state index in [2.05, 4.69) is 20.1 Å². The van der Waals surface area contributed by atoms with Crippen LogP contribution in [-0.2, 0) is 4.79 Å². The molecule has 0 unspecified atom stereocenters. The number of aryl methyl sites for hydroxylation is 2. The van der Waals surface area contributed by atoms with Crippen LogP contribution in [0, 0.1) is 13.8 Å². The molecule has 0 saturated heterocycles. The quantitative estimate of drug-likeness (QED) is 0.473. The first-order valence-corrected chi connectivity index (χ1v) is 11.6. The minimum absolute atomic E-state index is 0.0473. The largest absolute Gasteiger partial charge is 0.325 e. The van der Waals surface area contributed by atoms with Crippen LogP contribution in [-0.4, -0.2) is 26.4 Å². The molecule has 156 valence electrons. The molecule has 1 amide bonds. The molecule has 1 aliphatic rings. The zero-order chi connectivity index (χ0) is 21.1. The second kappa shape index (κ2) is 9.23. The zero-order valence-electron chi connectivity index (χ0n) is 17.2. The first-order valence-electron chi connectivity index (χ1n) is 10.2. The van der Waals surface area contributed by atoms with Crippen molar-refractivity contribution in [3.05, 3.63) is 58.6 Å². The molecule has 1 saturated carbocycles. The molecule has 30 heavy (non-hydrogen) atoms. The van der Waals surface area contributed by atoms with Crippen molar-refractivity contribution in [2.24, 2.45) is 0 Å². The minimum Gasteiger partial charge on any atom is -0.325 e. The van der Waals surface area contributed by atoms with Crippen molar-refractivity contribution in [2.45, 2.75) is 50.7 Å². The Hall–Kier alpha value is -2.31. The predicted octanol–water partition coefficient (Wildman–Crippen LogP) is 6.06. The van der Waals surface area contributed by atoms with Crippen molar-refractivity contribution in [2.75, 3.05) is 11.1 Å². The summed E-state index contributed by atoms with van der Waals surface area (Å²) in [6.45, 7) is 4.01. The number of hydrogen-bond donors (Lipinski definition) is 1. The highest BCUT2D eigenvalue weighted by Gasteiger charge is 2.26. The molecular weight excluding hydrogens is 416 g/mol. The van der Waals surface area contributed by atoms with Gasteiger partial charge in [0.25, 0.3) is 0 Å². The van der Waals surface area contributed by atoms with Gasteiger partial charge in [-0.1, -0.05) is 60.5 Å². The summed E-state index contributed by atoms with van der Waals surface area (Å²) in [6.07, 6.45) is 4.58. The standard InChI is InChI=1S/C23H25ClN4OS/c1-15-11-12-16(2)20(13-15)25-21(29)14-30-23-27-26-22(18-9-5-6-10-19(18)24)28(23)17-7-3-4-8-17/h5-6,9-13,17H,3-4,7-8,14H2,1-2H3,(H,25,29). The lowest BCUT2D eigenvalue weighted by atomic mass is 10.1. The van der Waals surface area contributed by atoms with Gasteiger partial charge < -0.3 is 5.32 Å². The van der Waals surface area contributed by atoms with E-state index in [0.717, 1.165) is 46.2 Å². The van der Waals surface area contributed by atoms with Gasteiger partial charge in [0.2, 0.25) is 5.91 Å². The van der Waals surface area contributed by atoms with Crippen LogP contribution < -0.4 is 5.32 Å². The van der Waals surface area contributed by atoms with Crippen LogP contribution in [0.3, 0.4) is 0 Å². The Morgan fingerprint density at radius 1 is 1.17 bits per heavy atom. The van der Waals surface area contributed by atoms with Crippen molar-refractivity contribution in [1.29, 1.82) is 0 Å². The second-order valence-electron chi connectivity index (χ2n) is 7.75. The van der Waals surface area contributed by atoms with E-state index in [4.69, 9.17) is 11.6 Å². The van der Waals surface area contributed by atoms with Gasteiger partial charge in [-0.05, 0) is 56.0 Å². The van der Waals surface area contributed by atoms with Gasteiger partial charge in [-0.2, -0.15) is 0 Å². The van der Waals surface area contributed by atoms with Crippen LogP contribution in [0.1, 0.15) is 42.9 Å². The predicted molar refractivity (Wildman–Crippen MR) is 123 cm³/mol. The smallest absolute Gasteiger partial charge is 0.234 e. The second-order valence-corrected chi connectivity index (χ2v) is 9.10. The molecule has 0 radical (unpaired) electrons. The monoisotopic (exact) mass is 440 g/mol. The maximum Gasteiger partial charge on any atom is 0.234 e. The molecule has 5 nitrogen and oxygen atoms in total. The molecule has 7 heteroatoms. The Balaban J connectivity index is 1.55. The van der Waals surface area contributed by atoms with E-state index in [-0.39, 0.29) is 11.7 Å². The van der Waals surface area contributed by atoms with Crippen LogP contribution in [0.25, 0.3) is 11.4 Å². The summed E-state index contributed by atoms with van der Waals surface area (Å²) in [5, 5.41) is 13.3. The van der Waals surface area contributed by atoms with Crippen LogP contribution in [0.5, 0.6) is 0 Å². The van der Waals surface area contributed by atoms with Crippen molar-refractivity contribution in [3.8, 4) is 11.4 Å². The lowest BCUT2D eigenvalue weighted by Crippen LogP contribution is -2.16. The molecule has 4 rings (SSSR count). The number of halogens is 1. The van der Waals surface area contributed by atoms with Crippen LogP contribution in [0.4, 0.5) is 5.69 Å². The zero-order valence-corrected chi connectivity index (χ0v) is 18.8. The third-order valence-electron chi connectivity index (χ3n) is 5.47. The van der Waals surface area contributed by atoms with E-state index < -0.39 is 0 Å². The van der Waals surface area contributed by atoms with Gasteiger partial charge in [0.05, 0.1) is 10.8 Å². The summed E-state index contributed by atoms with van der Waals surface area (Å²) in [6, 6.07) is 14.1. The number of nitrogens with one attached hydrogen (secondary N) is 1. The number of thioether (sulfide) groups is 1. The average Bonchev–Trinajstić information content (AvgIpc) is 3.39. The van der Waals surface area contributed by atoms with Crippen LogP contribution >= 0.6 is 23.4 Å². The lowest BCUT2D eigenvalue weighted by molar-refractivity contribution is -0.113. The number of nitrogens with zero attached hydrogens (tertiary/aromatic N) is 3.